The monoisotopic (exact) mass is 314 g/mol. The van der Waals surface area contributed by atoms with Crippen LogP contribution in [0.25, 0.3) is 0 Å². The van der Waals surface area contributed by atoms with Crippen LogP contribution in [0, 0.1) is 0 Å². The van der Waals surface area contributed by atoms with Crippen molar-refractivity contribution in [2.75, 3.05) is 0 Å². The standard InChI is InChI=1S/C13H9BrCl2/c14-12-7-6-10(15)8-11(12)13(16)9-4-2-1-3-5-9/h1-8,13H. The van der Waals surface area contributed by atoms with E-state index >= 15 is 0 Å². The third kappa shape index (κ3) is 2.60. The lowest BCUT2D eigenvalue weighted by Gasteiger charge is -2.12. The highest BCUT2D eigenvalue weighted by Gasteiger charge is 2.13. The van der Waals surface area contributed by atoms with Gasteiger partial charge in [0, 0.05) is 9.50 Å². The summed E-state index contributed by atoms with van der Waals surface area (Å²) in [5.74, 6) is 0. The van der Waals surface area contributed by atoms with Crippen molar-refractivity contribution in [3.63, 3.8) is 0 Å². The zero-order valence-corrected chi connectivity index (χ0v) is 11.4. The van der Waals surface area contributed by atoms with E-state index in [1.165, 1.54) is 0 Å². The molecule has 3 heteroatoms. The molecule has 0 amide bonds. The fourth-order valence-electron chi connectivity index (χ4n) is 1.51. The summed E-state index contributed by atoms with van der Waals surface area (Å²) in [7, 11) is 0. The Morgan fingerprint density at radius 3 is 2.38 bits per heavy atom. The zero-order valence-electron chi connectivity index (χ0n) is 8.33. The summed E-state index contributed by atoms with van der Waals surface area (Å²) in [4.78, 5) is 0. The molecule has 0 aromatic heterocycles. The van der Waals surface area contributed by atoms with Crippen LogP contribution in [0.3, 0.4) is 0 Å². The van der Waals surface area contributed by atoms with Crippen molar-refractivity contribution in [3.05, 3.63) is 69.2 Å². The second-order valence-corrected chi connectivity index (χ2v) is 5.17. The normalized spacial score (nSPS) is 12.4. The van der Waals surface area contributed by atoms with Crippen LogP contribution >= 0.6 is 39.1 Å². The molecule has 0 spiro atoms. The number of hydrogen-bond donors (Lipinski definition) is 0. The molecule has 0 radical (unpaired) electrons. The number of benzene rings is 2. The molecule has 82 valence electrons. The Labute approximate surface area is 113 Å². The van der Waals surface area contributed by atoms with Gasteiger partial charge in [-0.15, -0.1) is 11.6 Å². The Hall–Kier alpha value is -0.500. The van der Waals surface area contributed by atoms with Crippen LogP contribution in [-0.2, 0) is 0 Å². The van der Waals surface area contributed by atoms with Gasteiger partial charge in [-0.1, -0.05) is 57.9 Å². The van der Waals surface area contributed by atoms with Crippen molar-refractivity contribution in [1.29, 1.82) is 0 Å². The van der Waals surface area contributed by atoms with E-state index in [4.69, 9.17) is 23.2 Å². The molecule has 0 aliphatic heterocycles. The highest BCUT2D eigenvalue weighted by atomic mass is 79.9. The van der Waals surface area contributed by atoms with Gasteiger partial charge in [-0.3, -0.25) is 0 Å². The van der Waals surface area contributed by atoms with E-state index in [2.05, 4.69) is 15.9 Å². The fraction of sp³-hybridized carbons (Fsp3) is 0.0769. The molecule has 1 unspecified atom stereocenters. The molecule has 0 nitrogen and oxygen atoms in total. The van der Waals surface area contributed by atoms with Crippen LogP contribution in [0.15, 0.2) is 53.0 Å². The third-order valence-electron chi connectivity index (χ3n) is 2.32. The second kappa shape index (κ2) is 5.22. The smallest absolute Gasteiger partial charge is 0.0846 e. The SMILES string of the molecule is Clc1ccc(Br)c(C(Cl)c2ccccc2)c1. The summed E-state index contributed by atoms with van der Waals surface area (Å²) in [6, 6.07) is 15.6. The second-order valence-electron chi connectivity index (χ2n) is 3.44. The first-order valence-electron chi connectivity index (χ1n) is 4.82. The molecule has 0 bridgehead atoms. The average Bonchev–Trinajstić information content (AvgIpc) is 2.32. The van der Waals surface area contributed by atoms with Crippen LogP contribution < -0.4 is 0 Å². The number of halogens is 3. The van der Waals surface area contributed by atoms with Gasteiger partial charge in [0.2, 0.25) is 0 Å². The number of rotatable bonds is 2. The van der Waals surface area contributed by atoms with Gasteiger partial charge in [0.1, 0.15) is 0 Å². The largest absolute Gasteiger partial charge is 0.113 e. The average molecular weight is 316 g/mol. The Morgan fingerprint density at radius 1 is 1.00 bits per heavy atom. The molecule has 0 aliphatic rings. The summed E-state index contributed by atoms with van der Waals surface area (Å²) in [5, 5.41) is 0.508. The summed E-state index contributed by atoms with van der Waals surface area (Å²) in [6.45, 7) is 0. The summed E-state index contributed by atoms with van der Waals surface area (Å²) in [5.41, 5.74) is 2.05. The quantitative estimate of drug-likeness (QED) is 0.648. The lowest BCUT2D eigenvalue weighted by atomic mass is 10.0. The highest BCUT2D eigenvalue weighted by Crippen LogP contribution is 2.35. The molecule has 0 saturated carbocycles. The van der Waals surface area contributed by atoms with Crippen molar-refractivity contribution >= 4 is 39.1 Å². The summed E-state index contributed by atoms with van der Waals surface area (Å²) >= 11 is 15.9. The molecule has 0 saturated heterocycles. The number of alkyl halides is 1. The molecule has 1 atom stereocenters. The van der Waals surface area contributed by atoms with Gasteiger partial charge in [0.05, 0.1) is 5.38 Å². The maximum Gasteiger partial charge on any atom is 0.0846 e. The highest BCUT2D eigenvalue weighted by molar-refractivity contribution is 9.10. The molecular weight excluding hydrogens is 307 g/mol. The summed E-state index contributed by atoms with van der Waals surface area (Å²) in [6.07, 6.45) is 0. The topological polar surface area (TPSA) is 0 Å². The van der Waals surface area contributed by atoms with E-state index in [0.717, 1.165) is 15.6 Å². The van der Waals surface area contributed by atoms with Gasteiger partial charge in [0.15, 0.2) is 0 Å². The third-order valence-corrected chi connectivity index (χ3v) is 3.77. The van der Waals surface area contributed by atoms with Crippen molar-refractivity contribution < 1.29 is 0 Å². The van der Waals surface area contributed by atoms with E-state index < -0.39 is 0 Å². The minimum Gasteiger partial charge on any atom is -0.113 e. The molecule has 2 aromatic carbocycles. The van der Waals surface area contributed by atoms with Gasteiger partial charge in [-0.25, -0.2) is 0 Å². The van der Waals surface area contributed by atoms with Crippen LogP contribution in [0.5, 0.6) is 0 Å². The minimum atomic E-state index is -0.186. The first-order chi connectivity index (χ1) is 7.68. The Morgan fingerprint density at radius 2 is 1.69 bits per heavy atom. The van der Waals surface area contributed by atoms with E-state index in [-0.39, 0.29) is 5.38 Å². The Kier molecular flexibility index (Phi) is 3.91. The van der Waals surface area contributed by atoms with Gasteiger partial charge in [-0.2, -0.15) is 0 Å². The van der Waals surface area contributed by atoms with Gasteiger partial charge in [-0.05, 0) is 29.3 Å². The van der Waals surface area contributed by atoms with Crippen LogP contribution in [0.2, 0.25) is 5.02 Å². The van der Waals surface area contributed by atoms with Crippen molar-refractivity contribution in [1.82, 2.24) is 0 Å². The van der Waals surface area contributed by atoms with E-state index in [9.17, 15) is 0 Å². The first-order valence-corrected chi connectivity index (χ1v) is 6.43. The van der Waals surface area contributed by atoms with Gasteiger partial charge >= 0.3 is 0 Å². The molecule has 2 aromatic rings. The Balaban J connectivity index is 2.41. The molecule has 0 N–H and O–H groups in total. The van der Waals surface area contributed by atoms with Crippen molar-refractivity contribution in [3.8, 4) is 0 Å². The predicted octanol–water partition coefficient (Wildman–Crippen LogP) is 5.43. The first kappa shape index (κ1) is 12.0. The molecule has 16 heavy (non-hydrogen) atoms. The lowest BCUT2D eigenvalue weighted by molar-refractivity contribution is 1.13. The predicted molar refractivity (Wildman–Crippen MR) is 73.3 cm³/mol. The maximum atomic E-state index is 6.42. The zero-order chi connectivity index (χ0) is 11.5. The molecule has 0 fully saturated rings. The molecule has 2 rings (SSSR count). The van der Waals surface area contributed by atoms with Crippen molar-refractivity contribution in [2.24, 2.45) is 0 Å². The lowest BCUT2D eigenvalue weighted by Crippen LogP contribution is -1.94. The fourth-order valence-corrected chi connectivity index (χ4v) is 2.62. The maximum absolute atomic E-state index is 6.42. The van der Waals surface area contributed by atoms with Crippen LogP contribution in [0.4, 0.5) is 0 Å². The molecule has 0 heterocycles. The van der Waals surface area contributed by atoms with E-state index in [0.29, 0.717) is 5.02 Å². The van der Waals surface area contributed by atoms with Crippen LogP contribution in [0.1, 0.15) is 16.5 Å². The molecule has 0 aliphatic carbocycles. The van der Waals surface area contributed by atoms with Gasteiger partial charge in [0.25, 0.3) is 0 Å². The summed E-state index contributed by atoms with van der Waals surface area (Å²) < 4.78 is 0.973. The minimum absolute atomic E-state index is 0.186. The van der Waals surface area contributed by atoms with E-state index in [1.54, 1.807) is 0 Å². The van der Waals surface area contributed by atoms with Gasteiger partial charge < -0.3 is 0 Å². The molecular formula is C13H9BrCl2. The van der Waals surface area contributed by atoms with Crippen molar-refractivity contribution in [2.45, 2.75) is 5.38 Å². The van der Waals surface area contributed by atoms with E-state index in [1.807, 2.05) is 48.5 Å². The van der Waals surface area contributed by atoms with Crippen LogP contribution in [-0.4, -0.2) is 0 Å². The Bertz CT molecular complexity index is 483. The number of hydrogen-bond acceptors (Lipinski definition) is 0.